The zero-order valence-corrected chi connectivity index (χ0v) is 11.8. The molecule has 0 radical (unpaired) electrons. The SMILES string of the molecule is COc1ccc([C@@H](CO)N2CCNCC2)cc1O.Cl. The van der Waals surface area contributed by atoms with Crippen LogP contribution < -0.4 is 10.1 Å². The van der Waals surface area contributed by atoms with Crippen LogP contribution in [0.15, 0.2) is 18.2 Å². The first kappa shape index (κ1) is 16.0. The third kappa shape index (κ3) is 3.73. The average molecular weight is 289 g/mol. The van der Waals surface area contributed by atoms with Gasteiger partial charge in [-0.1, -0.05) is 6.07 Å². The Morgan fingerprint density at radius 1 is 1.37 bits per heavy atom. The van der Waals surface area contributed by atoms with E-state index in [1.54, 1.807) is 12.1 Å². The second-order valence-corrected chi connectivity index (χ2v) is 4.42. The Morgan fingerprint density at radius 2 is 2.05 bits per heavy atom. The van der Waals surface area contributed by atoms with Gasteiger partial charge in [0.05, 0.1) is 19.8 Å². The van der Waals surface area contributed by atoms with Gasteiger partial charge in [-0.2, -0.15) is 0 Å². The Kier molecular flexibility index (Phi) is 6.37. The molecule has 0 saturated carbocycles. The number of halogens is 1. The van der Waals surface area contributed by atoms with Gasteiger partial charge in [-0.3, -0.25) is 4.90 Å². The van der Waals surface area contributed by atoms with Crippen LogP contribution >= 0.6 is 12.4 Å². The van der Waals surface area contributed by atoms with E-state index < -0.39 is 0 Å². The highest BCUT2D eigenvalue weighted by molar-refractivity contribution is 5.85. The van der Waals surface area contributed by atoms with Gasteiger partial charge in [0.2, 0.25) is 0 Å². The van der Waals surface area contributed by atoms with E-state index >= 15 is 0 Å². The van der Waals surface area contributed by atoms with E-state index in [1.165, 1.54) is 7.11 Å². The summed E-state index contributed by atoms with van der Waals surface area (Å²) in [6.45, 7) is 3.71. The number of phenolic OH excluding ortho intramolecular Hbond substituents is 1. The number of phenols is 1. The van der Waals surface area contributed by atoms with Crippen LogP contribution in [0.5, 0.6) is 11.5 Å². The summed E-state index contributed by atoms with van der Waals surface area (Å²) >= 11 is 0. The molecule has 19 heavy (non-hydrogen) atoms. The summed E-state index contributed by atoms with van der Waals surface area (Å²) in [7, 11) is 1.52. The number of nitrogens with one attached hydrogen (secondary N) is 1. The summed E-state index contributed by atoms with van der Waals surface area (Å²) in [5, 5.41) is 22.7. The van der Waals surface area contributed by atoms with Crippen molar-refractivity contribution >= 4 is 12.4 Å². The molecular weight excluding hydrogens is 268 g/mol. The number of piperazine rings is 1. The molecule has 0 amide bonds. The highest BCUT2D eigenvalue weighted by atomic mass is 35.5. The summed E-state index contributed by atoms with van der Waals surface area (Å²) in [6, 6.07) is 5.22. The Balaban J connectivity index is 0.00000180. The third-order valence-corrected chi connectivity index (χ3v) is 3.35. The molecule has 0 bridgehead atoms. The second kappa shape index (κ2) is 7.55. The van der Waals surface area contributed by atoms with E-state index in [0.29, 0.717) is 5.75 Å². The second-order valence-electron chi connectivity index (χ2n) is 4.42. The highest BCUT2D eigenvalue weighted by Crippen LogP contribution is 2.30. The van der Waals surface area contributed by atoms with Crippen LogP contribution in [0.1, 0.15) is 11.6 Å². The number of aromatic hydroxyl groups is 1. The smallest absolute Gasteiger partial charge is 0.160 e. The van der Waals surface area contributed by atoms with Gasteiger partial charge in [0.15, 0.2) is 11.5 Å². The molecule has 1 atom stereocenters. The number of nitrogens with zero attached hydrogens (tertiary/aromatic N) is 1. The molecule has 1 aromatic carbocycles. The van der Waals surface area contributed by atoms with Crippen molar-refractivity contribution in [1.29, 1.82) is 0 Å². The van der Waals surface area contributed by atoms with Crippen LogP contribution in [0.3, 0.4) is 0 Å². The zero-order valence-electron chi connectivity index (χ0n) is 11.0. The van der Waals surface area contributed by atoms with E-state index in [-0.39, 0.29) is 30.8 Å². The van der Waals surface area contributed by atoms with Crippen molar-refractivity contribution in [3.8, 4) is 11.5 Å². The topological polar surface area (TPSA) is 65.0 Å². The molecule has 1 aliphatic rings. The van der Waals surface area contributed by atoms with Crippen molar-refractivity contribution in [2.75, 3.05) is 39.9 Å². The van der Waals surface area contributed by atoms with Crippen molar-refractivity contribution in [1.82, 2.24) is 10.2 Å². The summed E-state index contributed by atoms with van der Waals surface area (Å²) < 4.78 is 5.02. The summed E-state index contributed by atoms with van der Waals surface area (Å²) in [6.07, 6.45) is 0. The molecular formula is C13H21ClN2O3. The van der Waals surface area contributed by atoms with Gasteiger partial charge in [0.1, 0.15) is 0 Å². The van der Waals surface area contributed by atoms with Crippen molar-refractivity contribution < 1.29 is 14.9 Å². The van der Waals surface area contributed by atoms with Crippen molar-refractivity contribution in [2.24, 2.45) is 0 Å². The monoisotopic (exact) mass is 288 g/mol. The summed E-state index contributed by atoms with van der Waals surface area (Å²) in [5.41, 5.74) is 0.915. The fraction of sp³-hybridized carbons (Fsp3) is 0.538. The van der Waals surface area contributed by atoms with Crippen LogP contribution in [-0.2, 0) is 0 Å². The Hall–Kier alpha value is -1.01. The van der Waals surface area contributed by atoms with Gasteiger partial charge in [0.25, 0.3) is 0 Å². The lowest BCUT2D eigenvalue weighted by molar-refractivity contribution is 0.110. The van der Waals surface area contributed by atoms with Crippen molar-refractivity contribution in [3.63, 3.8) is 0 Å². The van der Waals surface area contributed by atoms with Crippen molar-refractivity contribution in [3.05, 3.63) is 23.8 Å². The lowest BCUT2D eigenvalue weighted by atomic mass is 10.0. The average Bonchev–Trinajstić information content (AvgIpc) is 2.41. The van der Waals surface area contributed by atoms with Crippen LogP contribution in [0.2, 0.25) is 0 Å². The van der Waals surface area contributed by atoms with Crippen LogP contribution in [0, 0.1) is 0 Å². The maximum atomic E-state index is 9.80. The number of hydrogen-bond donors (Lipinski definition) is 3. The van der Waals surface area contributed by atoms with Crippen LogP contribution in [0.25, 0.3) is 0 Å². The zero-order chi connectivity index (χ0) is 13.0. The maximum Gasteiger partial charge on any atom is 0.160 e. The molecule has 108 valence electrons. The first-order valence-corrected chi connectivity index (χ1v) is 6.18. The number of ether oxygens (including phenoxy) is 1. The normalized spacial score (nSPS) is 17.6. The molecule has 1 fully saturated rings. The van der Waals surface area contributed by atoms with Gasteiger partial charge in [-0.15, -0.1) is 12.4 Å². The minimum absolute atomic E-state index is 0. The molecule has 1 aromatic rings. The molecule has 6 heteroatoms. The van der Waals surface area contributed by atoms with E-state index in [0.717, 1.165) is 31.7 Å². The molecule has 3 N–H and O–H groups in total. The van der Waals surface area contributed by atoms with Gasteiger partial charge in [0, 0.05) is 26.2 Å². The number of aliphatic hydroxyl groups excluding tert-OH is 1. The third-order valence-electron chi connectivity index (χ3n) is 3.35. The quantitative estimate of drug-likeness (QED) is 0.763. The predicted octanol–water partition coefficient (Wildman–Crippen LogP) is 0.761. The summed E-state index contributed by atoms with van der Waals surface area (Å²) in [5.74, 6) is 0.569. The minimum atomic E-state index is -0.0658. The van der Waals surface area contributed by atoms with Gasteiger partial charge in [-0.25, -0.2) is 0 Å². The number of hydrogen-bond acceptors (Lipinski definition) is 5. The van der Waals surface area contributed by atoms with E-state index in [4.69, 9.17) is 4.74 Å². The Bertz CT molecular complexity index is 397. The van der Waals surface area contributed by atoms with Gasteiger partial charge < -0.3 is 20.3 Å². The molecule has 0 aliphatic carbocycles. The number of aliphatic hydroxyl groups is 1. The van der Waals surface area contributed by atoms with Crippen LogP contribution in [0.4, 0.5) is 0 Å². The lowest BCUT2D eigenvalue weighted by Crippen LogP contribution is -2.46. The fourth-order valence-corrected chi connectivity index (χ4v) is 2.34. The molecule has 1 aliphatic heterocycles. The summed E-state index contributed by atoms with van der Waals surface area (Å²) in [4.78, 5) is 2.22. The number of benzene rings is 1. The highest BCUT2D eigenvalue weighted by Gasteiger charge is 2.22. The standard InChI is InChI=1S/C13H20N2O3.ClH/c1-18-13-3-2-10(8-12(13)17)11(9-16)15-6-4-14-5-7-15;/h2-3,8,11,14,16-17H,4-7,9H2,1H3;1H/t11-;/m1./s1. The number of rotatable bonds is 4. The first-order valence-electron chi connectivity index (χ1n) is 6.18. The van der Waals surface area contributed by atoms with E-state index in [9.17, 15) is 10.2 Å². The Labute approximate surface area is 119 Å². The molecule has 0 unspecified atom stereocenters. The molecule has 2 rings (SSSR count). The molecule has 1 heterocycles. The van der Waals surface area contributed by atoms with Crippen LogP contribution in [-0.4, -0.2) is 55.0 Å². The lowest BCUT2D eigenvalue weighted by Gasteiger charge is -2.34. The predicted molar refractivity (Wildman–Crippen MR) is 76.2 cm³/mol. The Morgan fingerprint density at radius 3 is 2.58 bits per heavy atom. The van der Waals surface area contributed by atoms with Crippen molar-refractivity contribution in [2.45, 2.75) is 6.04 Å². The maximum absolute atomic E-state index is 9.80. The largest absolute Gasteiger partial charge is 0.504 e. The minimum Gasteiger partial charge on any atom is -0.504 e. The van der Waals surface area contributed by atoms with E-state index in [2.05, 4.69) is 10.2 Å². The molecule has 0 aromatic heterocycles. The molecule has 0 spiro atoms. The molecule has 1 saturated heterocycles. The van der Waals surface area contributed by atoms with E-state index in [1.807, 2.05) is 6.07 Å². The number of methoxy groups -OCH3 is 1. The van der Waals surface area contributed by atoms with Gasteiger partial charge in [-0.05, 0) is 17.7 Å². The molecule has 5 nitrogen and oxygen atoms in total. The first-order chi connectivity index (χ1) is 8.76. The fourth-order valence-electron chi connectivity index (χ4n) is 2.34. The van der Waals surface area contributed by atoms with Gasteiger partial charge >= 0.3 is 0 Å².